The Labute approximate surface area is 220 Å². The third kappa shape index (κ3) is 22.1. The molecule has 1 aromatic carbocycles. The third-order valence-corrected chi connectivity index (χ3v) is 8.07. The molecule has 0 spiro atoms. The van der Waals surface area contributed by atoms with Gasteiger partial charge in [0.15, 0.2) is 4.90 Å². The average Bonchev–Trinajstić information content (AvgIpc) is 2.82. The lowest BCUT2D eigenvalue weighted by Gasteiger charge is -2.08. The molecule has 0 aliphatic rings. The fraction of sp³-hybridized carbons (Fsp3) is 0.750. The number of halogens is 4. The minimum Gasteiger partial charge on any atom is -0.462 e. The average molecular weight is 537 g/mol. The highest BCUT2D eigenvalue weighted by molar-refractivity contribution is 7.96. The Bertz CT molecular complexity index is 653. The molecule has 0 aliphatic carbocycles. The van der Waals surface area contributed by atoms with Crippen LogP contribution in [0.2, 0.25) is 0 Å². The summed E-state index contributed by atoms with van der Waals surface area (Å²) in [6, 6.07) is 7.98. The SMILES string of the molecule is CCCCCCCCCCCCCCCCCC[S+](C)c1ccccc1C(=O)OCC.F[B-](F)(F)F. The lowest BCUT2D eigenvalue weighted by atomic mass is 10.0. The molecule has 1 rings (SSSR count). The first-order valence-electron chi connectivity index (χ1n) is 14.0. The summed E-state index contributed by atoms with van der Waals surface area (Å²) in [5, 5.41) is 0. The minimum absolute atomic E-state index is 0.113. The molecule has 0 fully saturated rings. The zero-order chi connectivity index (χ0) is 27.1. The van der Waals surface area contributed by atoms with Gasteiger partial charge in [0, 0.05) is 10.9 Å². The largest absolute Gasteiger partial charge is 0.673 e. The van der Waals surface area contributed by atoms with Gasteiger partial charge in [0.2, 0.25) is 0 Å². The molecule has 0 radical (unpaired) electrons. The van der Waals surface area contributed by atoms with Crippen LogP contribution in [0.1, 0.15) is 127 Å². The normalized spacial score (nSPS) is 12.1. The van der Waals surface area contributed by atoms with Gasteiger partial charge < -0.3 is 22.0 Å². The Morgan fingerprint density at radius 2 is 1.11 bits per heavy atom. The summed E-state index contributed by atoms with van der Waals surface area (Å²) < 4.78 is 44.2. The van der Waals surface area contributed by atoms with Crippen molar-refractivity contribution in [2.75, 3.05) is 18.6 Å². The van der Waals surface area contributed by atoms with Crippen LogP contribution < -0.4 is 0 Å². The molecule has 1 unspecified atom stereocenters. The second-order valence-corrected chi connectivity index (χ2v) is 11.5. The van der Waals surface area contributed by atoms with Crippen molar-refractivity contribution in [3.05, 3.63) is 29.8 Å². The van der Waals surface area contributed by atoms with Crippen LogP contribution in [0.3, 0.4) is 0 Å². The molecule has 0 bridgehead atoms. The second kappa shape index (κ2) is 23.0. The van der Waals surface area contributed by atoms with Gasteiger partial charge in [-0.05, 0) is 31.9 Å². The van der Waals surface area contributed by atoms with Crippen LogP contribution >= 0.6 is 0 Å². The maximum absolute atomic E-state index is 12.2. The molecule has 0 aromatic heterocycles. The summed E-state index contributed by atoms with van der Waals surface area (Å²) in [6.07, 6.45) is 24.7. The first-order chi connectivity index (χ1) is 17.2. The molecule has 1 aromatic rings. The molecule has 0 amide bonds. The maximum Gasteiger partial charge on any atom is 0.673 e. The van der Waals surface area contributed by atoms with Crippen molar-refractivity contribution >= 4 is 24.1 Å². The summed E-state index contributed by atoms with van der Waals surface area (Å²) in [6.45, 7) is 4.59. The van der Waals surface area contributed by atoms with Gasteiger partial charge in [0.1, 0.15) is 17.6 Å². The number of benzene rings is 1. The van der Waals surface area contributed by atoms with Gasteiger partial charge in [0.05, 0.1) is 6.61 Å². The smallest absolute Gasteiger partial charge is 0.462 e. The zero-order valence-corrected chi connectivity index (χ0v) is 23.7. The van der Waals surface area contributed by atoms with Crippen LogP contribution in [-0.4, -0.2) is 31.8 Å². The van der Waals surface area contributed by atoms with Crippen molar-refractivity contribution < 1.29 is 26.8 Å². The highest BCUT2D eigenvalue weighted by Crippen LogP contribution is 2.20. The second-order valence-electron chi connectivity index (χ2n) is 9.36. The number of carbonyl (C=O) groups is 1. The summed E-state index contributed by atoms with van der Waals surface area (Å²) in [5.41, 5.74) is 0.756. The fourth-order valence-electron chi connectivity index (χ4n) is 4.12. The highest BCUT2D eigenvalue weighted by atomic mass is 32.2. The van der Waals surface area contributed by atoms with Crippen molar-refractivity contribution in [1.82, 2.24) is 0 Å². The minimum atomic E-state index is -6.00. The molecular weight excluding hydrogens is 487 g/mol. The van der Waals surface area contributed by atoms with Crippen molar-refractivity contribution in [3.8, 4) is 0 Å². The Morgan fingerprint density at radius 1 is 0.722 bits per heavy atom. The zero-order valence-electron chi connectivity index (χ0n) is 22.9. The van der Waals surface area contributed by atoms with E-state index in [4.69, 9.17) is 4.74 Å². The molecule has 0 heterocycles. The van der Waals surface area contributed by atoms with Gasteiger partial charge in [-0.3, -0.25) is 0 Å². The topological polar surface area (TPSA) is 26.3 Å². The Hall–Kier alpha value is -1.18. The van der Waals surface area contributed by atoms with Crippen molar-refractivity contribution in [2.24, 2.45) is 0 Å². The lowest BCUT2D eigenvalue weighted by Crippen LogP contribution is -2.13. The number of unbranched alkanes of at least 4 members (excludes halogenated alkanes) is 15. The predicted octanol–water partition coefficient (Wildman–Crippen LogP) is 10.0. The van der Waals surface area contributed by atoms with E-state index in [-0.39, 0.29) is 16.9 Å². The predicted molar refractivity (Wildman–Crippen MR) is 149 cm³/mol. The molecule has 36 heavy (non-hydrogen) atoms. The van der Waals surface area contributed by atoms with Gasteiger partial charge in [0.25, 0.3) is 0 Å². The van der Waals surface area contributed by atoms with E-state index in [1.165, 1.54) is 113 Å². The van der Waals surface area contributed by atoms with E-state index in [2.05, 4.69) is 19.2 Å². The third-order valence-electron chi connectivity index (χ3n) is 6.06. The Kier molecular flexibility index (Phi) is 22.2. The highest BCUT2D eigenvalue weighted by Gasteiger charge is 2.23. The monoisotopic (exact) mass is 536 g/mol. The molecule has 0 N–H and O–H groups in total. The molecular formula is C28H49BF4O2S. The molecule has 0 saturated heterocycles. The number of hydrogen-bond acceptors (Lipinski definition) is 2. The van der Waals surface area contributed by atoms with Crippen molar-refractivity contribution in [1.29, 1.82) is 0 Å². The number of hydrogen-bond donors (Lipinski definition) is 0. The van der Waals surface area contributed by atoms with Crippen LogP contribution in [0.25, 0.3) is 0 Å². The van der Waals surface area contributed by atoms with E-state index >= 15 is 0 Å². The molecule has 210 valence electrons. The van der Waals surface area contributed by atoms with Gasteiger partial charge in [-0.15, -0.1) is 0 Å². The summed E-state index contributed by atoms with van der Waals surface area (Å²) in [7, 11) is -5.89. The molecule has 8 heteroatoms. The first-order valence-corrected chi connectivity index (χ1v) is 15.8. The van der Waals surface area contributed by atoms with Gasteiger partial charge in [-0.1, -0.05) is 109 Å². The van der Waals surface area contributed by atoms with Crippen LogP contribution in [-0.2, 0) is 15.6 Å². The van der Waals surface area contributed by atoms with Crippen LogP contribution in [0.5, 0.6) is 0 Å². The van der Waals surface area contributed by atoms with E-state index < -0.39 is 7.25 Å². The van der Waals surface area contributed by atoms with Crippen LogP contribution in [0, 0.1) is 0 Å². The summed E-state index contributed by atoms with van der Waals surface area (Å²) in [5.74, 6) is 0.999. The van der Waals surface area contributed by atoms with E-state index in [0.717, 1.165) is 5.56 Å². The first kappa shape index (κ1) is 34.8. The molecule has 0 aliphatic heterocycles. The standard InChI is InChI=1S/C28H49O2S.BF4/c1-4-6-7-8-9-10-11-12-13-14-15-16-17-18-19-22-25-31(3)27-24-21-20-23-26(27)28(29)30-5-2;2-1(3,4)5/h20-21,23-24H,4-19,22,25H2,1-3H3;/q+1;-1. The van der Waals surface area contributed by atoms with E-state index in [1.807, 2.05) is 25.1 Å². The Morgan fingerprint density at radius 3 is 1.53 bits per heavy atom. The van der Waals surface area contributed by atoms with Gasteiger partial charge >= 0.3 is 13.2 Å². The van der Waals surface area contributed by atoms with Gasteiger partial charge in [-0.25, -0.2) is 4.79 Å². The molecule has 0 saturated carbocycles. The molecule has 1 atom stereocenters. The number of ether oxygens (including phenoxy) is 1. The van der Waals surface area contributed by atoms with Crippen molar-refractivity contribution in [3.63, 3.8) is 0 Å². The van der Waals surface area contributed by atoms with Crippen molar-refractivity contribution in [2.45, 2.75) is 121 Å². The fourth-order valence-corrected chi connectivity index (χ4v) is 5.82. The Balaban J connectivity index is 0.00000222. The number of esters is 1. The summed E-state index contributed by atoms with van der Waals surface area (Å²) in [4.78, 5) is 13.3. The quantitative estimate of drug-likeness (QED) is 0.0545. The van der Waals surface area contributed by atoms with Gasteiger partial charge in [-0.2, -0.15) is 0 Å². The van der Waals surface area contributed by atoms with E-state index in [1.54, 1.807) is 0 Å². The van der Waals surface area contributed by atoms with E-state index in [9.17, 15) is 22.1 Å². The van der Waals surface area contributed by atoms with E-state index in [0.29, 0.717) is 6.61 Å². The maximum atomic E-state index is 12.2. The number of carbonyl (C=O) groups excluding carboxylic acids is 1. The lowest BCUT2D eigenvalue weighted by molar-refractivity contribution is 0.0522. The summed E-state index contributed by atoms with van der Waals surface area (Å²) >= 11 is 0. The van der Waals surface area contributed by atoms with Crippen LogP contribution in [0.15, 0.2) is 29.2 Å². The molecule has 2 nitrogen and oxygen atoms in total. The van der Waals surface area contributed by atoms with Crippen LogP contribution in [0.4, 0.5) is 17.3 Å². The number of rotatable bonds is 20.